The normalized spacial score (nSPS) is 16.8. The molecule has 1 atom stereocenters. The molecule has 1 aromatic rings. The summed E-state index contributed by atoms with van der Waals surface area (Å²) in [5.74, 6) is 0.579. The van der Waals surface area contributed by atoms with Crippen molar-refractivity contribution in [2.75, 3.05) is 26.2 Å². The van der Waals surface area contributed by atoms with Gasteiger partial charge in [-0.05, 0) is 48.9 Å². The summed E-state index contributed by atoms with van der Waals surface area (Å²) in [6, 6.07) is 5.69. The van der Waals surface area contributed by atoms with Crippen LogP contribution in [0.4, 0.5) is 4.39 Å². The number of nitrogens with one attached hydrogen (secondary N) is 1. The zero-order valence-electron chi connectivity index (χ0n) is 13.8. The topological polar surface area (TPSA) is 15.3 Å². The summed E-state index contributed by atoms with van der Waals surface area (Å²) in [4.78, 5) is 2.55. The molecule has 1 N–H and O–H groups in total. The second kappa shape index (κ2) is 10.4. The molecule has 2 nitrogen and oxygen atoms in total. The van der Waals surface area contributed by atoms with Crippen LogP contribution in [0.25, 0.3) is 0 Å². The van der Waals surface area contributed by atoms with Crippen molar-refractivity contribution in [1.82, 2.24) is 10.2 Å². The van der Waals surface area contributed by atoms with E-state index in [1.54, 1.807) is 12.1 Å². The molecule has 0 unspecified atom stereocenters. The molecule has 0 amide bonds. The number of halogens is 3. The Kier molecular flexibility index (Phi) is 10.3. The summed E-state index contributed by atoms with van der Waals surface area (Å²) >= 11 is 0. The summed E-state index contributed by atoms with van der Waals surface area (Å²) in [5, 5.41) is 3.41. The first kappa shape index (κ1) is 21.6. The molecule has 128 valence electrons. The lowest BCUT2D eigenvalue weighted by Crippen LogP contribution is -2.45. The highest BCUT2D eigenvalue weighted by Crippen LogP contribution is 2.30. The molecule has 0 aliphatic carbocycles. The Bertz CT molecular complexity index is 435. The number of aryl methyl sites for hydroxylation is 1. The zero-order valence-corrected chi connectivity index (χ0v) is 15.4. The summed E-state index contributed by atoms with van der Waals surface area (Å²) in [6.45, 7) is 10.8. The van der Waals surface area contributed by atoms with Gasteiger partial charge in [-0.2, -0.15) is 0 Å². The predicted molar refractivity (Wildman–Crippen MR) is 96.9 cm³/mol. The van der Waals surface area contributed by atoms with Crippen molar-refractivity contribution in [2.24, 2.45) is 5.92 Å². The summed E-state index contributed by atoms with van der Waals surface area (Å²) < 4.78 is 13.3. The molecular formula is C17H29Cl2FN2. The van der Waals surface area contributed by atoms with E-state index in [2.05, 4.69) is 24.1 Å². The minimum Gasteiger partial charge on any atom is -0.314 e. The van der Waals surface area contributed by atoms with Crippen LogP contribution in [0.1, 0.15) is 43.9 Å². The van der Waals surface area contributed by atoms with Crippen LogP contribution in [0, 0.1) is 18.7 Å². The Morgan fingerprint density at radius 2 is 1.77 bits per heavy atom. The van der Waals surface area contributed by atoms with Gasteiger partial charge in [-0.3, -0.25) is 4.90 Å². The maximum Gasteiger partial charge on any atom is 0.123 e. The first-order chi connectivity index (χ1) is 9.58. The molecule has 0 radical (unpaired) electrons. The first-order valence-electron chi connectivity index (χ1n) is 7.78. The number of piperazine rings is 1. The van der Waals surface area contributed by atoms with E-state index in [0.717, 1.165) is 38.2 Å². The monoisotopic (exact) mass is 350 g/mol. The molecule has 0 aromatic heterocycles. The number of rotatable bonds is 5. The van der Waals surface area contributed by atoms with Gasteiger partial charge in [0.15, 0.2) is 0 Å². The second-order valence-corrected chi connectivity index (χ2v) is 6.27. The Morgan fingerprint density at radius 3 is 2.32 bits per heavy atom. The average molecular weight is 351 g/mol. The van der Waals surface area contributed by atoms with Gasteiger partial charge in [0, 0.05) is 32.2 Å². The van der Waals surface area contributed by atoms with Crippen LogP contribution in [0.2, 0.25) is 0 Å². The Labute approximate surface area is 146 Å². The molecule has 22 heavy (non-hydrogen) atoms. The minimum atomic E-state index is -0.130. The van der Waals surface area contributed by atoms with Gasteiger partial charge in [0.25, 0.3) is 0 Å². The smallest absolute Gasteiger partial charge is 0.123 e. The van der Waals surface area contributed by atoms with Crippen molar-refractivity contribution >= 4 is 24.8 Å². The highest BCUT2D eigenvalue weighted by Gasteiger charge is 2.23. The van der Waals surface area contributed by atoms with Gasteiger partial charge in [-0.25, -0.2) is 4.39 Å². The van der Waals surface area contributed by atoms with Gasteiger partial charge in [-0.1, -0.05) is 19.9 Å². The lowest BCUT2D eigenvalue weighted by atomic mass is 9.93. The van der Waals surface area contributed by atoms with Crippen molar-refractivity contribution in [3.8, 4) is 0 Å². The lowest BCUT2D eigenvalue weighted by molar-refractivity contribution is 0.159. The lowest BCUT2D eigenvalue weighted by Gasteiger charge is -2.36. The molecule has 1 saturated heterocycles. The van der Waals surface area contributed by atoms with E-state index >= 15 is 0 Å². The molecule has 0 saturated carbocycles. The molecule has 1 aromatic carbocycles. The van der Waals surface area contributed by atoms with E-state index in [9.17, 15) is 4.39 Å². The third-order valence-electron chi connectivity index (χ3n) is 4.20. The Balaban J connectivity index is 0.00000220. The average Bonchev–Trinajstić information content (AvgIpc) is 2.42. The van der Waals surface area contributed by atoms with E-state index < -0.39 is 0 Å². The zero-order chi connectivity index (χ0) is 14.5. The highest BCUT2D eigenvalue weighted by molar-refractivity contribution is 5.85. The third kappa shape index (κ3) is 6.04. The van der Waals surface area contributed by atoms with Gasteiger partial charge in [-0.15, -0.1) is 24.8 Å². The molecule has 1 fully saturated rings. The van der Waals surface area contributed by atoms with Crippen LogP contribution in [-0.2, 0) is 0 Å². The number of hydrogen-bond acceptors (Lipinski definition) is 2. The van der Waals surface area contributed by atoms with Gasteiger partial charge in [0.2, 0.25) is 0 Å². The van der Waals surface area contributed by atoms with Crippen molar-refractivity contribution in [1.29, 1.82) is 0 Å². The summed E-state index contributed by atoms with van der Waals surface area (Å²) in [6.07, 6.45) is 2.37. The van der Waals surface area contributed by atoms with E-state index in [4.69, 9.17) is 0 Å². The van der Waals surface area contributed by atoms with E-state index in [1.165, 1.54) is 12.0 Å². The SMILES string of the molecule is Cc1cc(F)ccc1[C@@H](CCC(C)C)N1CCNCC1.Cl.Cl. The van der Waals surface area contributed by atoms with Gasteiger partial charge < -0.3 is 5.32 Å². The summed E-state index contributed by atoms with van der Waals surface area (Å²) in [5.41, 5.74) is 2.38. The van der Waals surface area contributed by atoms with Crippen molar-refractivity contribution in [3.63, 3.8) is 0 Å². The maximum atomic E-state index is 13.3. The third-order valence-corrected chi connectivity index (χ3v) is 4.20. The van der Waals surface area contributed by atoms with E-state index in [1.807, 2.05) is 13.0 Å². The molecule has 1 heterocycles. The van der Waals surface area contributed by atoms with Crippen LogP contribution in [0.5, 0.6) is 0 Å². The van der Waals surface area contributed by atoms with Gasteiger partial charge in [0.05, 0.1) is 0 Å². The van der Waals surface area contributed by atoms with E-state index in [0.29, 0.717) is 12.0 Å². The van der Waals surface area contributed by atoms with Crippen LogP contribution < -0.4 is 5.32 Å². The van der Waals surface area contributed by atoms with Gasteiger partial charge in [0.1, 0.15) is 5.82 Å². The molecule has 1 aliphatic heterocycles. The quantitative estimate of drug-likeness (QED) is 0.848. The number of nitrogens with zero attached hydrogens (tertiary/aromatic N) is 1. The fourth-order valence-corrected chi connectivity index (χ4v) is 3.03. The van der Waals surface area contributed by atoms with Crippen LogP contribution in [0.3, 0.4) is 0 Å². The van der Waals surface area contributed by atoms with Crippen molar-refractivity contribution in [3.05, 3.63) is 35.1 Å². The highest BCUT2D eigenvalue weighted by atomic mass is 35.5. The van der Waals surface area contributed by atoms with Crippen LogP contribution >= 0.6 is 24.8 Å². The second-order valence-electron chi connectivity index (χ2n) is 6.27. The fraction of sp³-hybridized carbons (Fsp3) is 0.647. The molecular weight excluding hydrogens is 322 g/mol. The minimum absolute atomic E-state index is 0. The molecule has 0 bridgehead atoms. The summed E-state index contributed by atoms with van der Waals surface area (Å²) in [7, 11) is 0. The Hall–Kier alpha value is -0.350. The molecule has 5 heteroatoms. The predicted octanol–water partition coefficient (Wildman–Crippen LogP) is 4.36. The molecule has 0 spiro atoms. The van der Waals surface area contributed by atoms with E-state index in [-0.39, 0.29) is 30.6 Å². The van der Waals surface area contributed by atoms with Crippen molar-refractivity contribution in [2.45, 2.75) is 39.7 Å². The first-order valence-corrected chi connectivity index (χ1v) is 7.78. The molecule has 1 aliphatic rings. The number of hydrogen-bond donors (Lipinski definition) is 1. The largest absolute Gasteiger partial charge is 0.314 e. The standard InChI is InChI=1S/C17H27FN2.2ClH/c1-13(2)4-7-17(20-10-8-19-9-11-20)16-6-5-15(18)12-14(16)3;;/h5-6,12-13,17,19H,4,7-11H2,1-3H3;2*1H/t17-;;/m1../s1. The van der Waals surface area contributed by atoms with Crippen LogP contribution in [0.15, 0.2) is 18.2 Å². The maximum absolute atomic E-state index is 13.3. The van der Waals surface area contributed by atoms with Gasteiger partial charge >= 0.3 is 0 Å². The fourth-order valence-electron chi connectivity index (χ4n) is 3.03. The van der Waals surface area contributed by atoms with Crippen LogP contribution in [-0.4, -0.2) is 31.1 Å². The number of benzene rings is 1. The van der Waals surface area contributed by atoms with Crippen molar-refractivity contribution < 1.29 is 4.39 Å². The molecule has 2 rings (SSSR count). The Morgan fingerprint density at radius 1 is 1.14 bits per heavy atom.